The average molecular weight is 411 g/mol. The van der Waals surface area contributed by atoms with Crippen LogP contribution in [0.3, 0.4) is 0 Å². The first-order valence-electron chi connectivity index (χ1n) is 8.16. The number of amides is 1. The Kier molecular flexibility index (Phi) is 6.42. The van der Waals surface area contributed by atoms with Crippen LogP contribution < -0.4 is 11.1 Å². The molecule has 0 saturated carbocycles. The second-order valence-corrected chi connectivity index (χ2v) is 6.85. The number of carbonyl (C=O) groups is 1. The van der Waals surface area contributed by atoms with Crippen LogP contribution in [0.15, 0.2) is 53.9 Å². The van der Waals surface area contributed by atoms with Gasteiger partial charge in [-0.15, -0.1) is 11.6 Å². The smallest absolute Gasteiger partial charge is 0.239 e. The maximum absolute atomic E-state index is 11.4. The Labute approximate surface area is 171 Å². The molecule has 0 aliphatic carbocycles. The first kappa shape index (κ1) is 19.6. The van der Waals surface area contributed by atoms with E-state index < -0.39 is 0 Å². The third-order valence-electron chi connectivity index (χ3n) is 3.68. The van der Waals surface area contributed by atoms with Crippen molar-refractivity contribution in [3.05, 3.63) is 59.9 Å². The number of carbonyl (C=O) groups excluding carboxylic acids is 1. The van der Waals surface area contributed by atoms with E-state index in [9.17, 15) is 10.1 Å². The van der Waals surface area contributed by atoms with Crippen molar-refractivity contribution >= 4 is 40.8 Å². The summed E-state index contributed by atoms with van der Waals surface area (Å²) in [5, 5.41) is 12.6. The van der Waals surface area contributed by atoms with Crippen molar-refractivity contribution < 1.29 is 4.79 Å². The summed E-state index contributed by atoms with van der Waals surface area (Å²) in [6.45, 7) is 0. The molecule has 0 unspecified atom stereocenters. The molecule has 28 heavy (non-hydrogen) atoms. The lowest BCUT2D eigenvalue weighted by Gasteiger charge is -2.10. The molecule has 3 aromatic rings. The van der Waals surface area contributed by atoms with Gasteiger partial charge in [0.2, 0.25) is 5.91 Å². The Morgan fingerprint density at radius 2 is 2.04 bits per heavy atom. The largest absolute Gasteiger partial charge is 0.382 e. The SMILES string of the molecule is N#Cc1c(N)nc(SCc2cccnc2)nc1-c1ccc(NC(=O)CCl)cc1. The molecule has 0 atom stereocenters. The minimum absolute atomic E-state index is 0.125. The molecule has 7 nitrogen and oxygen atoms in total. The number of hydrogen-bond acceptors (Lipinski definition) is 7. The van der Waals surface area contributed by atoms with Crippen molar-refractivity contribution in [1.29, 1.82) is 5.26 Å². The van der Waals surface area contributed by atoms with Crippen LogP contribution in [0.25, 0.3) is 11.3 Å². The van der Waals surface area contributed by atoms with Gasteiger partial charge in [-0.3, -0.25) is 9.78 Å². The Balaban J connectivity index is 1.88. The molecule has 1 amide bonds. The van der Waals surface area contributed by atoms with Gasteiger partial charge in [-0.25, -0.2) is 9.97 Å². The molecule has 2 aromatic heterocycles. The van der Waals surface area contributed by atoms with Gasteiger partial charge in [-0.1, -0.05) is 30.0 Å². The molecular formula is C19H15ClN6OS. The maximum Gasteiger partial charge on any atom is 0.239 e. The minimum Gasteiger partial charge on any atom is -0.382 e. The van der Waals surface area contributed by atoms with Gasteiger partial charge >= 0.3 is 0 Å². The molecule has 0 bridgehead atoms. The number of aromatic nitrogens is 3. The van der Waals surface area contributed by atoms with Gasteiger partial charge < -0.3 is 11.1 Å². The Morgan fingerprint density at radius 3 is 2.68 bits per heavy atom. The zero-order valence-corrected chi connectivity index (χ0v) is 16.2. The highest BCUT2D eigenvalue weighted by molar-refractivity contribution is 7.98. The molecular weight excluding hydrogens is 396 g/mol. The van der Waals surface area contributed by atoms with Crippen LogP contribution in [-0.4, -0.2) is 26.7 Å². The highest BCUT2D eigenvalue weighted by Crippen LogP contribution is 2.29. The van der Waals surface area contributed by atoms with Crippen molar-refractivity contribution in [2.45, 2.75) is 10.9 Å². The molecule has 140 valence electrons. The standard InChI is InChI=1S/C19H15ClN6OS/c20-8-16(27)24-14-5-3-13(4-6-14)17-15(9-21)18(22)26-19(25-17)28-11-12-2-1-7-23-10-12/h1-7,10H,8,11H2,(H,24,27)(H2,22,25,26). The van der Waals surface area contributed by atoms with Crippen LogP contribution in [0, 0.1) is 11.3 Å². The number of anilines is 2. The zero-order chi connectivity index (χ0) is 19.9. The number of pyridine rings is 1. The van der Waals surface area contributed by atoms with Gasteiger partial charge in [0, 0.05) is 29.4 Å². The van der Waals surface area contributed by atoms with Crippen LogP contribution in [0.4, 0.5) is 11.5 Å². The predicted octanol–water partition coefficient (Wildman–Crippen LogP) is 3.46. The topological polar surface area (TPSA) is 118 Å². The summed E-state index contributed by atoms with van der Waals surface area (Å²) >= 11 is 6.90. The molecule has 0 saturated heterocycles. The van der Waals surface area contributed by atoms with Crippen molar-refractivity contribution in [3.63, 3.8) is 0 Å². The summed E-state index contributed by atoms with van der Waals surface area (Å²) in [7, 11) is 0. The van der Waals surface area contributed by atoms with Gasteiger partial charge in [-0.05, 0) is 23.8 Å². The molecule has 3 N–H and O–H groups in total. The van der Waals surface area contributed by atoms with Crippen molar-refractivity contribution in [2.75, 3.05) is 16.9 Å². The van der Waals surface area contributed by atoms with E-state index in [4.69, 9.17) is 17.3 Å². The van der Waals surface area contributed by atoms with E-state index >= 15 is 0 Å². The molecule has 3 rings (SSSR count). The molecule has 0 aliphatic heterocycles. The highest BCUT2D eigenvalue weighted by atomic mass is 35.5. The number of hydrogen-bond donors (Lipinski definition) is 2. The summed E-state index contributed by atoms with van der Waals surface area (Å²) in [4.78, 5) is 24.2. The number of nitriles is 1. The van der Waals surface area contributed by atoms with Crippen LogP contribution in [-0.2, 0) is 10.5 Å². The van der Waals surface area contributed by atoms with Gasteiger partial charge in [-0.2, -0.15) is 5.26 Å². The number of alkyl halides is 1. The third-order valence-corrected chi connectivity index (χ3v) is 4.84. The summed E-state index contributed by atoms with van der Waals surface area (Å²) in [6.07, 6.45) is 3.48. The molecule has 0 radical (unpaired) electrons. The number of thioether (sulfide) groups is 1. The van der Waals surface area contributed by atoms with Gasteiger partial charge in [0.1, 0.15) is 23.3 Å². The quantitative estimate of drug-likeness (QED) is 0.363. The van der Waals surface area contributed by atoms with Gasteiger partial charge in [0.25, 0.3) is 0 Å². The highest BCUT2D eigenvalue weighted by Gasteiger charge is 2.15. The first-order valence-corrected chi connectivity index (χ1v) is 9.68. The van der Waals surface area contributed by atoms with E-state index in [2.05, 4.69) is 26.3 Å². The average Bonchev–Trinajstić information content (AvgIpc) is 2.73. The van der Waals surface area contributed by atoms with E-state index in [0.717, 1.165) is 5.56 Å². The second-order valence-electron chi connectivity index (χ2n) is 5.64. The lowest BCUT2D eigenvalue weighted by atomic mass is 10.1. The molecule has 1 aromatic carbocycles. The summed E-state index contributed by atoms with van der Waals surface area (Å²) < 4.78 is 0. The second kappa shape index (κ2) is 9.17. The van der Waals surface area contributed by atoms with E-state index in [1.54, 1.807) is 36.7 Å². The minimum atomic E-state index is -0.299. The molecule has 0 aliphatic rings. The monoisotopic (exact) mass is 410 g/mol. The van der Waals surface area contributed by atoms with Crippen LogP contribution in [0.5, 0.6) is 0 Å². The Hall–Kier alpha value is -3.15. The van der Waals surface area contributed by atoms with E-state index in [-0.39, 0.29) is 23.2 Å². The van der Waals surface area contributed by atoms with Gasteiger partial charge in [0.15, 0.2) is 5.16 Å². The summed E-state index contributed by atoms with van der Waals surface area (Å²) in [6, 6.07) is 12.8. The lowest BCUT2D eigenvalue weighted by Crippen LogP contribution is -2.12. The first-order chi connectivity index (χ1) is 13.6. The van der Waals surface area contributed by atoms with E-state index in [0.29, 0.717) is 27.9 Å². The van der Waals surface area contributed by atoms with Crippen molar-refractivity contribution in [2.24, 2.45) is 0 Å². The normalized spacial score (nSPS) is 10.3. The van der Waals surface area contributed by atoms with Gasteiger partial charge in [0.05, 0.1) is 5.69 Å². The maximum atomic E-state index is 11.4. The predicted molar refractivity (Wildman–Crippen MR) is 110 cm³/mol. The summed E-state index contributed by atoms with van der Waals surface area (Å²) in [5.74, 6) is 0.329. The number of benzene rings is 1. The number of nitrogens with one attached hydrogen (secondary N) is 1. The lowest BCUT2D eigenvalue weighted by molar-refractivity contribution is -0.113. The van der Waals surface area contributed by atoms with Crippen LogP contribution in [0.2, 0.25) is 0 Å². The fraction of sp³-hybridized carbons (Fsp3) is 0.105. The molecule has 9 heteroatoms. The molecule has 2 heterocycles. The van der Waals surface area contributed by atoms with Crippen LogP contribution in [0.1, 0.15) is 11.1 Å². The van der Waals surface area contributed by atoms with Crippen molar-refractivity contribution in [3.8, 4) is 17.3 Å². The number of nitrogens with zero attached hydrogens (tertiary/aromatic N) is 4. The third kappa shape index (κ3) is 4.76. The molecule has 0 fully saturated rings. The fourth-order valence-corrected chi connectivity index (χ4v) is 3.23. The molecule has 0 spiro atoms. The van der Waals surface area contributed by atoms with E-state index in [1.165, 1.54) is 11.8 Å². The number of nitrogen functional groups attached to an aromatic ring is 1. The van der Waals surface area contributed by atoms with Crippen molar-refractivity contribution in [1.82, 2.24) is 15.0 Å². The van der Waals surface area contributed by atoms with E-state index in [1.807, 2.05) is 12.1 Å². The number of rotatable bonds is 6. The Bertz CT molecular complexity index is 1020. The fourth-order valence-electron chi connectivity index (χ4n) is 2.38. The zero-order valence-electron chi connectivity index (χ0n) is 14.6. The summed E-state index contributed by atoms with van der Waals surface area (Å²) in [5.41, 5.74) is 8.96. The number of nitrogens with two attached hydrogens (primary N) is 1. The number of halogens is 1. The Morgan fingerprint density at radius 1 is 1.25 bits per heavy atom. The van der Waals surface area contributed by atoms with Crippen LogP contribution >= 0.6 is 23.4 Å².